The summed E-state index contributed by atoms with van der Waals surface area (Å²) < 4.78 is 11.6. The lowest BCUT2D eigenvalue weighted by molar-refractivity contribution is -0.147. The molecule has 2 rings (SSSR count). The fraction of sp³-hybridized carbons (Fsp3) is 0.455. The van der Waals surface area contributed by atoms with Crippen LogP contribution in [0, 0.1) is 11.3 Å². The second kappa shape index (κ2) is 5.60. The lowest BCUT2D eigenvalue weighted by Crippen LogP contribution is -2.32. The van der Waals surface area contributed by atoms with Crippen LogP contribution in [0.1, 0.15) is 19.6 Å². The van der Waals surface area contributed by atoms with Crippen LogP contribution in [-0.2, 0) is 14.3 Å². The molecule has 1 aromatic heterocycles. The van der Waals surface area contributed by atoms with Crippen molar-refractivity contribution in [1.29, 1.82) is 5.26 Å². The van der Waals surface area contributed by atoms with E-state index in [2.05, 4.69) is 20.9 Å². The van der Waals surface area contributed by atoms with Gasteiger partial charge in [-0.1, -0.05) is 0 Å². The quantitative estimate of drug-likeness (QED) is 0.758. The molecule has 9 heteroatoms. The van der Waals surface area contributed by atoms with Crippen LogP contribution in [0.15, 0.2) is 20.3 Å². The number of hydrogen-bond acceptors (Lipinski definition) is 6. The number of rotatable bonds is 2. The van der Waals surface area contributed by atoms with Crippen molar-refractivity contribution in [2.75, 3.05) is 0 Å². The van der Waals surface area contributed by atoms with Crippen LogP contribution in [0.3, 0.4) is 0 Å². The predicted molar refractivity (Wildman–Crippen MR) is 68.7 cm³/mol. The Morgan fingerprint density at radius 1 is 1.65 bits per heavy atom. The maximum atomic E-state index is 11.7. The third kappa shape index (κ3) is 2.81. The van der Waals surface area contributed by atoms with Gasteiger partial charge >= 0.3 is 11.7 Å². The number of nitrogens with zero attached hydrogens (tertiary/aromatic N) is 2. The molecule has 0 aromatic carbocycles. The number of nitriles is 1. The molecule has 20 heavy (non-hydrogen) atoms. The first-order valence-corrected chi connectivity index (χ1v) is 6.45. The molecule has 1 aliphatic heterocycles. The lowest BCUT2D eigenvalue weighted by Gasteiger charge is -2.12. The molecule has 1 aromatic rings. The van der Waals surface area contributed by atoms with E-state index in [1.807, 2.05) is 6.07 Å². The summed E-state index contributed by atoms with van der Waals surface area (Å²) in [5.41, 5.74) is -1.22. The molecule has 0 bridgehead atoms. The van der Waals surface area contributed by atoms with Crippen LogP contribution in [0.5, 0.6) is 0 Å². The number of ether oxygens (including phenoxy) is 2. The number of hydrogen-bond donors (Lipinski definition) is 1. The highest BCUT2D eigenvalue weighted by molar-refractivity contribution is 9.10. The Balaban J connectivity index is 2.30. The maximum Gasteiger partial charge on any atom is 0.330 e. The van der Waals surface area contributed by atoms with E-state index in [0.29, 0.717) is 0 Å². The standard InChI is InChI=1S/C11H10BrN3O5/c1-5(16)19-7-2-9(20-8(7)3-13)15-4-6(12)10(17)14-11(15)18/h4,7-9H,2H2,1H3,(H,14,17,18)/t7-,8+,9+/m0/s1. The zero-order chi connectivity index (χ0) is 14.9. The van der Waals surface area contributed by atoms with Gasteiger partial charge in [-0.05, 0) is 15.9 Å². The summed E-state index contributed by atoms with van der Waals surface area (Å²) in [6, 6.07) is 1.87. The van der Waals surface area contributed by atoms with E-state index in [-0.39, 0.29) is 10.9 Å². The van der Waals surface area contributed by atoms with Crippen molar-refractivity contribution < 1.29 is 14.3 Å². The smallest absolute Gasteiger partial charge is 0.330 e. The molecule has 1 N–H and O–H groups in total. The summed E-state index contributed by atoms with van der Waals surface area (Å²) in [5.74, 6) is -0.533. The van der Waals surface area contributed by atoms with Crippen molar-refractivity contribution >= 4 is 21.9 Å². The van der Waals surface area contributed by atoms with Gasteiger partial charge in [0.25, 0.3) is 5.56 Å². The van der Waals surface area contributed by atoms with Gasteiger partial charge in [-0.15, -0.1) is 0 Å². The van der Waals surface area contributed by atoms with Gasteiger partial charge in [0.15, 0.2) is 6.10 Å². The van der Waals surface area contributed by atoms with Crippen LogP contribution in [-0.4, -0.2) is 27.7 Å². The lowest BCUT2D eigenvalue weighted by atomic mass is 10.2. The third-order valence-corrected chi connectivity index (χ3v) is 3.32. The fourth-order valence-corrected chi connectivity index (χ4v) is 2.24. The van der Waals surface area contributed by atoms with E-state index < -0.39 is 35.7 Å². The molecule has 0 aliphatic carbocycles. The molecule has 8 nitrogen and oxygen atoms in total. The number of halogens is 1. The van der Waals surface area contributed by atoms with Gasteiger partial charge in [-0.3, -0.25) is 19.1 Å². The van der Waals surface area contributed by atoms with E-state index >= 15 is 0 Å². The van der Waals surface area contributed by atoms with Crippen molar-refractivity contribution in [1.82, 2.24) is 9.55 Å². The maximum absolute atomic E-state index is 11.7. The average Bonchev–Trinajstić information content (AvgIpc) is 2.75. The Hall–Kier alpha value is -1.92. The molecule has 3 atom stereocenters. The topological polar surface area (TPSA) is 114 Å². The molecular weight excluding hydrogens is 334 g/mol. The second-order valence-corrected chi connectivity index (χ2v) is 5.02. The van der Waals surface area contributed by atoms with Gasteiger partial charge in [0.05, 0.1) is 10.5 Å². The van der Waals surface area contributed by atoms with Gasteiger partial charge in [-0.25, -0.2) is 4.79 Å². The molecule has 0 amide bonds. The molecule has 0 spiro atoms. The molecule has 0 radical (unpaired) electrons. The van der Waals surface area contributed by atoms with Crippen LogP contribution in [0.2, 0.25) is 0 Å². The molecule has 1 saturated heterocycles. The van der Waals surface area contributed by atoms with Gasteiger partial charge in [0.2, 0.25) is 0 Å². The van der Waals surface area contributed by atoms with E-state index in [0.717, 1.165) is 4.57 Å². The summed E-state index contributed by atoms with van der Waals surface area (Å²) >= 11 is 3.01. The Bertz CT molecular complexity index is 689. The number of carbonyl (C=O) groups excluding carboxylic acids is 1. The van der Waals surface area contributed by atoms with Crippen LogP contribution in [0.25, 0.3) is 0 Å². The number of nitrogens with one attached hydrogen (secondary N) is 1. The van der Waals surface area contributed by atoms with Crippen LogP contribution < -0.4 is 11.2 Å². The summed E-state index contributed by atoms with van der Waals surface area (Å²) in [6.45, 7) is 1.23. The van der Waals surface area contributed by atoms with E-state index in [1.54, 1.807) is 0 Å². The highest BCUT2D eigenvalue weighted by Gasteiger charge is 2.39. The summed E-state index contributed by atoms with van der Waals surface area (Å²) in [7, 11) is 0. The minimum absolute atomic E-state index is 0.149. The molecule has 0 saturated carbocycles. The zero-order valence-corrected chi connectivity index (χ0v) is 11.9. The van der Waals surface area contributed by atoms with E-state index in [1.165, 1.54) is 13.1 Å². The fourth-order valence-electron chi connectivity index (χ4n) is 1.93. The van der Waals surface area contributed by atoms with Crippen LogP contribution >= 0.6 is 15.9 Å². The normalized spacial score (nSPS) is 25.1. The molecule has 1 aliphatic rings. The highest BCUT2D eigenvalue weighted by atomic mass is 79.9. The Morgan fingerprint density at radius 3 is 2.95 bits per heavy atom. The first-order valence-electron chi connectivity index (χ1n) is 5.65. The van der Waals surface area contributed by atoms with Crippen molar-refractivity contribution in [3.05, 3.63) is 31.5 Å². The number of aromatic amines is 1. The summed E-state index contributed by atoms with van der Waals surface area (Å²) in [6.07, 6.45) is -1.07. The minimum atomic E-state index is -0.957. The Kier molecular flexibility index (Phi) is 4.06. The van der Waals surface area contributed by atoms with E-state index in [4.69, 9.17) is 14.7 Å². The number of esters is 1. The SMILES string of the molecule is CC(=O)O[C@H]1C[C@H](n2cc(Br)c(=O)[nH]c2=O)O[C@@H]1C#N. The average molecular weight is 344 g/mol. The zero-order valence-electron chi connectivity index (χ0n) is 10.3. The van der Waals surface area contributed by atoms with E-state index in [9.17, 15) is 14.4 Å². The number of aromatic nitrogens is 2. The van der Waals surface area contributed by atoms with Crippen molar-refractivity contribution in [3.63, 3.8) is 0 Å². The number of carbonyl (C=O) groups is 1. The molecule has 2 heterocycles. The predicted octanol–water partition coefficient (Wildman–Crippen LogP) is 0.0419. The molecule has 106 valence electrons. The Morgan fingerprint density at radius 2 is 2.35 bits per heavy atom. The van der Waals surface area contributed by atoms with Crippen molar-refractivity contribution in [2.24, 2.45) is 0 Å². The van der Waals surface area contributed by atoms with Crippen LogP contribution in [0.4, 0.5) is 0 Å². The van der Waals surface area contributed by atoms with Gasteiger partial charge in [-0.2, -0.15) is 5.26 Å². The van der Waals surface area contributed by atoms with Gasteiger partial charge in [0, 0.05) is 19.5 Å². The van der Waals surface area contributed by atoms with Gasteiger partial charge in [0.1, 0.15) is 12.3 Å². The monoisotopic (exact) mass is 343 g/mol. The second-order valence-electron chi connectivity index (χ2n) is 4.17. The summed E-state index contributed by atoms with van der Waals surface area (Å²) in [5, 5.41) is 8.96. The number of H-pyrrole nitrogens is 1. The first-order chi connectivity index (χ1) is 9.42. The molecular formula is C11H10BrN3O5. The summed E-state index contributed by atoms with van der Waals surface area (Å²) in [4.78, 5) is 36.0. The van der Waals surface area contributed by atoms with Crippen molar-refractivity contribution in [3.8, 4) is 6.07 Å². The highest BCUT2D eigenvalue weighted by Crippen LogP contribution is 2.29. The molecule has 1 fully saturated rings. The first kappa shape index (κ1) is 14.5. The van der Waals surface area contributed by atoms with Crippen molar-refractivity contribution in [2.45, 2.75) is 31.8 Å². The minimum Gasteiger partial charge on any atom is -0.458 e. The largest absolute Gasteiger partial charge is 0.458 e. The molecule has 0 unspecified atom stereocenters. The third-order valence-electron chi connectivity index (χ3n) is 2.75. The van der Waals surface area contributed by atoms with Gasteiger partial charge < -0.3 is 9.47 Å². The Labute approximate surface area is 121 Å².